The van der Waals surface area contributed by atoms with Crippen LogP contribution in [0.4, 0.5) is 0 Å². The number of aliphatic hydroxyl groups is 1. The Morgan fingerprint density at radius 3 is 2.00 bits per heavy atom. The quantitative estimate of drug-likeness (QED) is 0.291. The second-order valence-corrected chi connectivity index (χ2v) is 7.40. The van der Waals surface area contributed by atoms with Gasteiger partial charge in [-0.25, -0.2) is 0 Å². The van der Waals surface area contributed by atoms with E-state index in [9.17, 15) is 40.9 Å². The van der Waals surface area contributed by atoms with Gasteiger partial charge in [-0.3, -0.25) is 0 Å². The minimum absolute atomic E-state index is 0.00883. The van der Waals surface area contributed by atoms with Crippen LogP contribution in [0.3, 0.4) is 0 Å². The van der Waals surface area contributed by atoms with E-state index in [1.165, 1.54) is 18.2 Å². The molecule has 0 radical (unpaired) electrons. The second kappa shape index (κ2) is 7.37. The summed E-state index contributed by atoms with van der Waals surface area (Å²) < 4.78 is 5.92. The highest BCUT2D eigenvalue weighted by molar-refractivity contribution is 5.61. The normalized spacial score (nSPS) is 17.7. The lowest BCUT2D eigenvalue weighted by atomic mass is 9.90. The molecule has 0 spiro atoms. The Hall–Kier alpha value is -3.98. The van der Waals surface area contributed by atoms with Crippen LogP contribution < -0.4 is 4.74 Å². The van der Waals surface area contributed by atoms with Gasteiger partial charge < -0.3 is 45.6 Å². The van der Waals surface area contributed by atoms with Crippen molar-refractivity contribution in [1.82, 2.24) is 0 Å². The number of hydrogen-bond donors (Lipinski definition) is 8. The van der Waals surface area contributed by atoms with Crippen LogP contribution in [0.1, 0.15) is 28.4 Å². The molecule has 0 saturated heterocycles. The van der Waals surface area contributed by atoms with E-state index in [1.807, 2.05) is 0 Å². The van der Waals surface area contributed by atoms with Gasteiger partial charge in [-0.1, -0.05) is 6.07 Å². The molecule has 0 unspecified atom stereocenters. The number of hydrogen-bond acceptors (Lipinski definition) is 9. The lowest BCUT2D eigenvalue weighted by Gasteiger charge is -2.33. The standard InChI is InChI=1S/C22H20O9/c23-10-4-15(25)11(16(26)5-10)6-12-17(27)8-18(28)13-7-20(30)21(31-22(12)13)9-1-2-14(24)19(29)3-9/h1-5,8,20-21,23-30H,6-7H2/t20-,21+/m0/s1. The van der Waals surface area contributed by atoms with Crippen LogP contribution in [0, 0.1) is 0 Å². The molecule has 2 atom stereocenters. The first-order valence-corrected chi connectivity index (χ1v) is 9.32. The number of benzene rings is 3. The molecule has 8 N–H and O–H groups in total. The van der Waals surface area contributed by atoms with Crippen molar-refractivity contribution in [2.75, 3.05) is 0 Å². The van der Waals surface area contributed by atoms with Gasteiger partial charge in [0.1, 0.15) is 40.6 Å². The van der Waals surface area contributed by atoms with Gasteiger partial charge in [-0.15, -0.1) is 0 Å². The maximum absolute atomic E-state index is 10.6. The number of ether oxygens (including phenoxy) is 1. The average molecular weight is 428 g/mol. The number of rotatable bonds is 3. The number of aliphatic hydroxyl groups excluding tert-OH is 1. The zero-order valence-corrected chi connectivity index (χ0v) is 16.0. The Morgan fingerprint density at radius 2 is 1.35 bits per heavy atom. The van der Waals surface area contributed by atoms with E-state index in [4.69, 9.17) is 4.74 Å². The summed E-state index contributed by atoms with van der Waals surface area (Å²) >= 11 is 0. The Kier molecular flexibility index (Phi) is 4.82. The van der Waals surface area contributed by atoms with Gasteiger partial charge in [0.05, 0.1) is 6.10 Å². The summed E-state index contributed by atoms with van der Waals surface area (Å²) in [4.78, 5) is 0. The minimum Gasteiger partial charge on any atom is -0.508 e. The largest absolute Gasteiger partial charge is 0.508 e. The summed E-state index contributed by atoms with van der Waals surface area (Å²) in [5.41, 5.74) is 0.702. The highest BCUT2D eigenvalue weighted by Crippen LogP contribution is 2.48. The highest BCUT2D eigenvalue weighted by Gasteiger charge is 2.35. The molecule has 3 aromatic rings. The van der Waals surface area contributed by atoms with Crippen LogP contribution >= 0.6 is 0 Å². The SMILES string of the molecule is Oc1cc(O)c(Cc2c(O)cc(O)c3c2O[C@H](c2ccc(O)c(O)c2)[C@@H](O)C3)c(O)c1. The molecule has 3 aromatic carbocycles. The fourth-order valence-corrected chi connectivity index (χ4v) is 3.74. The lowest BCUT2D eigenvalue weighted by molar-refractivity contribution is 0.0190. The van der Waals surface area contributed by atoms with Crippen molar-refractivity contribution in [2.24, 2.45) is 0 Å². The van der Waals surface area contributed by atoms with Gasteiger partial charge in [0.25, 0.3) is 0 Å². The van der Waals surface area contributed by atoms with Crippen molar-refractivity contribution < 1.29 is 45.6 Å². The highest BCUT2D eigenvalue weighted by atomic mass is 16.5. The van der Waals surface area contributed by atoms with Crippen LogP contribution in [0.5, 0.6) is 46.0 Å². The van der Waals surface area contributed by atoms with E-state index in [0.29, 0.717) is 5.56 Å². The van der Waals surface area contributed by atoms with Crippen molar-refractivity contribution >= 4 is 0 Å². The topological polar surface area (TPSA) is 171 Å². The molecular formula is C22H20O9. The van der Waals surface area contributed by atoms with Gasteiger partial charge in [0, 0.05) is 47.7 Å². The summed E-state index contributed by atoms with van der Waals surface area (Å²) in [7, 11) is 0. The summed E-state index contributed by atoms with van der Waals surface area (Å²) in [5, 5.41) is 80.4. The Labute approximate surface area is 175 Å². The van der Waals surface area contributed by atoms with Gasteiger partial charge >= 0.3 is 0 Å². The maximum Gasteiger partial charge on any atom is 0.157 e. The van der Waals surface area contributed by atoms with Crippen LogP contribution in [-0.4, -0.2) is 47.0 Å². The van der Waals surface area contributed by atoms with Crippen molar-refractivity contribution in [3.05, 3.63) is 58.7 Å². The van der Waals surface area contributed by atoms with E-state index in [-0.39, 0.29) is 58.3 Å². The van der Waals surface area contributed by atoms with E-state index in [1.54, 1.807) is 0 Å². The first-order chi connectivity index (χ1) is 14.7. The Morgan fingerprint density at radius 1 is 0.710 bits per heavy atom. The fourth-order valence-electron chi connectivity index (χ4n) is 3.74. The van der Waals surface area contributed by atoms with Crippen molar-refractivity contribution in [3.8, 4) is 46.0 Å². The van der Waals surface area contributed by atoms with Gasteiger partial charge in [-0.2, -0.15) is 0 Å². The van der Waals surface area contributed by atoms with E-state index in [2.05, 4.69) is 0 Å². The molecule has 0 aliphatic carbocycles. The molecule has 162 valence electrons. The van der Waals surface area contributed by atoms with Crippen molar-refractivity contribution in [1.29, 1.82) is 0 Å². The molecule has 0 aromatic heterocycles. The van der Waals surface area contributed by atoms with E-state index in [0.717, 1.165) is 18.2 Å². The average Bonchev–Trinajstić information content (AvgIpc) is 2.69. The van der Waals surface area contributed by atoms with Crippen LogP contribution in [-0.2, 0) is 12.8 Å². The number of aromatic hydroxyl groups is 7. The summed E-state index contributed by atoms with van der Waals surface area (Å²) in [6, 6.07) is 7.06. The zero-order valence-electron chi connectivity index (χ0n) is 16.0. The third kappa shape index (κ3) is 3.55. The van der Waals surface area contributed by atoms with Crippen LogP contribution in [0.25, 0.3) is 0 Å². The van der Waals surface area contributed by atoms with E-state index < -0.39 is 29.5 Å². The van der Waals surface area contributed by atoms with E-state index >= 15 is 0 Å². The Bertz CT molecular complexity index is 1150. The number of phenolic OH excluding ortho intramolecular Hbond substituents is 7. The summed E-state index contributed by atoms with van der Waals surface area (Å²) in [5.74, 6) is -2.53. The summed E-state index contributed by atoms with van der Waals surface area (Å²) in [6.07, 6.45) is -2.37. The van der Waals surface area contributed by atoms with Crippen LogP contribution in [0.2, 0.25) is 0 Å². The Balaban J connectivity index is 1.80. The van der Waals surface area contributed by atoms with Crippen molar-refractivity contribution in [3.63, 3.8) is 0 Å². The van der Waals surface area contributed by atoms with Gasteiger partial charge in [0.15, 0.2) is 11.5 Å². The molecule has 0 saturated carbocycles. The molecule has 1 heterocycles. The second-order valence-electron chi connectivity index (χ2n) is 7.40. The minimum atomic E-state index is -1.12. The zero-order chi connectivity index (χ0) is 22.4. The molecule has 1 aliphatic rings. The third-order valence-electron chi connectivity index (χ3n) is 5.32. The van der Waals surface area contributed by atoms with Crippen molar-refractivity contribution in [2.45, 2.75) is 25.0 Å². The third-order valence-corrected chi connectivity index (χ3v) is 5.32. The molecule has 0 fully saturated rings. The number of phenols is 7. The molecule has 1 aliphatic heterocycles. The smallest absolute Gasteiger partial charge is 0.157 e. The summed E-state index contributed by atoms with van der Waals surface area (Å²) in [6.45, 7) is 0. The van der Waals surface area contributed by atoms with Gasteiger partial charge in [-0.05, 0) is 17.7 Å². The first-order valence-electron chi connectivity index (χ1n) is 9.32. The molecule has 0 bridgehead atoms. The predicted molar refractivity (Wildman–Crippen MR) is 107 cm³/mol. The molecule has 0 amide bonds. The molecule has 31 heavy (non-hydrogen) atoms. The fraction of sp³-hybridized carbons (Fsp3) is 0.182. The maximum atomic E-state index is 10.6. The lowest BCUT2D eigenvalue weighted by Crippen LogP contribution is -2.31. The molecule has 9 nitrogen and oxygen atoms in total. The molecular weight excluding hydrogens is 408 g/mol. The number of fused-ring (bicyclic) bond motifs is 1. The molecule has 9 heteroatoms. The monoisotopic (exact) mass is 428 g/mol. The predicted octanol–water partition coefficient (Wildman–Crippen LogP) is 2.25. The van der Waals surface area contributed by atoms with Crippen LogP contribution in [0.15, 0.2) is 36.4 Å². The molecule has 4 rings (SSSR count). The van der Waals surface area contributed by atoms with Gasteiger partial charge in [0.2, 0.25) is 0 Å². The first kappa shape index (κ1) is 20.3.